The molecule has 19 heavy (non-hydrogen) atoms. The molecule has 102 valence electrons. The molecule has 2 aromatic rings. The molecule has 1 aliphatic rings. The summed E-state index contributed by atoms with van der Waals surface area (Å²) in [5.41, 5.74) is 0. The number of thiophene rings is 1. The van der Waals surface area contributed by atoms with Crippen molar-refractivity contribution >= 4 is 21.4 Å². The van der Waals surface area contributed by atoms with E-state index in [0.717, 1.165) is 40.8 Å². The van der Waals surface area contributed by atoms with E-state index in [2.05, 4.69) is 0 Å². The maximum absolute atomic E-state index is 13.1. The van der Waals surface area contributed by atoms with Gasteiger partial charge in [0.15, 0.2) is 0 Å². The first kappa shape index (κ1) is 13.0. The second-order valence-electron chi connectivity index (χ2n) is 5.06. The predicted molar refractivity (Wildman–Crippen MR) is 75.0 cm³/mol. The average molecular weight is 280 g/mol. The summed E-state index contributed by atoms with van der Waals surface area (Å²) in [6.07, 6.45) is 3.67. The highest BCUT2D eigenvalue weighted by Crippen LogP contribution is 2.33. The normalized spacial score (nSPS) is 21.1. The van der Waals surface area contributed by atoms with Crippen molar-refractivity contribution < 1.29 is 14.2 Å². The number of aliphatic hydroxyl groups is 1. The molecular formula is C15H17FO2S. The van der Waals surface area contributed by atoms with Crippen LogP contribution in [0.5, 0.6) is 0 Å². The summed E-state index contributed by atoms with van der Waals surface area (Å²) in [4.78, 5) is 0.915. The fraction of sp³-hybridized carbons (Fsp3) is 0.467. The van der Waals surface area contributed by atoms with Crippen LogP contribution < -0.4 is 0 Å². The van der Waals surface area contributed by atoms with Crippen molar-refractivity contribution in [2.75, 3.05) is 6.61 Å². The zero-order valence-corrected chi connectivity index (χ0v) is 11.5. The van der Waals surface area contributed by atoms with Gasteiger partial charge in [0.2, 0.25) is 0 Å². The lowest BCUT2D eigenvalue weighted by Gasteiger charge is -2.12. The SMILES string of the molecule is OC(CCC1CCCO1)c1cc2cc(F)ccc2s1. The molecule has 0 spiro atoms. The molecule has 0 amide bonds. The summed E-state index contributed by atoms with van der Waals surface area (Å²) in [5, 5.41) is 11.1. The molecule has 2 heterocycles. The molecule has 1 N–H and O–H groups in total. The molecule has 2 atom stereocenters. The Morgan fingerprint density at radius 1 is 1.42 bits per heavy atom. The van der Waals surface area contributed by atoms with Gasteiger partial charge in [-0.3, -0.25) is 0 Å². The quantitative estimate of drug-likeness (QED) is 0.916. The van der Waals surface area contributed by atoms with Crippen molar-refractivity contribution in [2.24, 2.45) is 0 Å². The first-order chi connectivity index (χ1) is 9.22. The van der Waals surface area contributed by atoms with Crippen LogP contribution in [0.3, 0.4) is 0 Å². The highest BCUT2D eigenvalue weighted by molar-refractivity contribution is 7.19. The molecule has 1 aromatic carbocycles. The second-order valence-corrected chi connectivity index (χ2v) is 6.17. The van der Waals surface area contributed by atoms with Crippen LogP contribution in [0.1, 0.15) is 36.7 Å². The van der Waals surface area contributed by atoms with Crippen LogP contribution in [0, 0.1) is 5.82 Å². The van der Waals surface area contributed by atoms with E-state index >= 15 is 0 Å². The Hall–Kier alpha value is -0.970. The van der Waals surface area contributed by atoms with Crippen molar-refractivity contribution in [2.45, 2.75) is 37.9 Å². The maximum Gasteiger partial charge on any atom is 0.123 e. The smallest absolute Gasteiger partial charge is 0.123 e. The molecule has 0 aliphatic carbocycles. The monoisotopic (exact) mass is 280 g/mol. The van der Waals surface area contributed by atoms with Crippen molar-refractivity contribution in [1.82, 2.24) is 0 Å². The molecule has 1 aromatic heterocycles. The lowest BCUT2D eigenvalue weighted by atomic mass is 10.1. The third kappa shape index (κ3) is 2.96. The summed E-state index contributed by atoms with van der Waals surface area (Å²) in [5.74, 6) is -0.231. The molecule has 0 bridgehead atoms. The van der Waals surface area contributed by atoms with Gasteiger partial charge in [-0.1, -0.05) is 0 Å². The number of hydrogen-bond acceptors (Lipinski definition) is 3. The van der Waals surface area contributed by atoms with E-state index < -0.39 is 6.10 Å². The highest BCUT2D eigenvalue weighted by atomic mass is 32.1. The van der Waals surface area contributed by atoms with Gasteiger partial charge in [0, 0.05) is 16.2 Å². The van der Waals surface area contributed by atoms with E-state index in [1.54, 1.807) is 6.07 Å². The van der Waals surface area contributed by atoms with Gasteiger partial charge in [-0.25, -0.2) is 4.39 Å². The van der Waals surface area contributed by atoms with E-state index in [1.165, 1.54) is 23.5 Å². The number of hydrogen-bond donors (Lipinski definition) is 1. The maximum atomic E-state index is 13.1. The van der Waals surface area contributed by atoms with E-state index in [0.29, 0.717) is 12.5 Å². The topological polar surface area (TPSA) is 29.5 Å². The first-order valence-corrected chi connectivity index (χ1v) is 7.53. The van der Waals surface area contributed by atoms with Gasteiger partial charge in [-0.05, 0) is 55.3 Å². The third-order valence-corrected chi connectivity index (χ3v) is 4.83. The summed E-state index contributed by atoms with van der Waals surface area (Å²) in [7, 11) is 0. The third-order valence-electron chi connectivity index (χ3n) is 3.61. The van der Waals surface area contributed by atoms with Crippen LogP contribution in [0.4, 0.5) is 4.39 Å². The van der Waals surface area contributed by atoms with Gasteiger partial charge < -0.3 is 9.84 Å². The number of rotatable bonds is 4. The minimum atomic E-state index is -0.468. The number of fused-ring (bicyclic) bond motifs is 1. The van der Waals surface area contributed by atoms with Crippen molar-refractivity contribution in [3.8, 4) is 0 Å². The van der Waals surface area contributed by atoms with Crippen LogP contribution >= 0.6 is 11.3 Å². The molecule has 3 rings (SSSR count). The predicted octanol–water partition coefficient (Wildman–Crippen LogP) is 4.03. The summed E-state index contributed by atoms with van der Waals surface area (Å²) in [6.45, 7) is 0.850. The van der Waals surface area contributed by atoms with Gasteiger partial charge in [-0.15, -0.1) is 11.3 Å². The van der Waals surface area contributed by atoms with Gasteiger partial charge in [0.05, 0.1) is 12.2 Å². The van der Waals surface area contributed by atoms with Crippen LogP contribution in [0.15, 0.2) is 24.3 Å². The molecule has 2 unspecified atom stereocenters. The van der Waals surface area contributed by atoms with Crippen LogP contribution in [0.25, 0.3) is 10.1 Å². The van der Waals surface area contributed by atoms with E-state index in [1.807, 2.05) is 6.07 Å². The van der Waals surface area contributed by atoms with Crippen LogP contribution in [0.2, 0.25) is 0 Å². The zero-order valence-electron chi connectivity index (χ0n) is 10.6. The fourth-order valence-corrected chi connectivity index (χ4v) is 3.62. The largest absolute Gasteiger partial charge is 0.388 e. The Morgan fingerprint density at radius 3 is 3.11 bits per heavy atom. The molecule has 0 saturated carbocycles. The van der Waals surface area contributed by atoms with Crippen molar-refractivity contribution in [3.05, 3.63) is 35.0 Å². The molecular weight excluding hydrogens is 263 g/mol. The summed E-state index contributed by atoms with van der Waals surface area (Å²) >= 11 is 1.54. The molecule has 1 aliphatic heterocycles. The van der Waals surface area contributed by atoms with Gasteiger partial charge in [-0.2, -0.15) is 0 Å². The lowest BCUT2D eigenvalue weighted by Crippen LogP contribution is -2.07. The standard InChI is InChI=1S/C15H17FO2S/c16-11-3-6-14-10(8-11)9-15(19-14)13(17)5-4-12-2-1-7-18-12/h3,6,8-9,12-13,17H,1-2,4-5,7H2. The lowest BCUT2D eigenvalue weighted by molar-refractivity contribution is 0.0820. The molecule has 2 nitrogen and oxygen atoms in total. The van der Waals surface area contributed by atoms with Crippen molar-refractivity contribution in [1.29, 1.82) is 0 Å². The Kier molecular flexibility index (Phi) is 3.82. The summed E-state index contributed by atoms with van der Waals surface area (Å²) < 4.78 is 19.7. The summed E-state index contributed by atoms with van der Waals surface area (Å²) in [6, 6.07) is 6.64. The number of halogens is 1. The van der Waals surface area contributed by atoms with Crippen LogP contribution in [-0.2, 0) is 4.74 Å². The minimum Gasteiger partial charge on any atom is -0.388 e. The minimum absolute atomic E-state index is 0.231. The zero-order chi connectivity index (χ0) is 13.2. The Morgan fingerprint density at radius 2 is 2.32 bits per heavy atom. The van der Waals surface area contributed by atoms with E-state index in [-0.39, 0.29) is 5.82 Å². The fourth-order valence-electron chi connectivity index (χ4n) is 2.56. The van der Waals surface area contributed by atoms with Gasteiger partial charge in [0.1, 0.15) is 5.82 Å². The highest BCUT2D eigenvalue weighted by Gasteiger charge is 2.18. The van der Waals surface area contributed by atoms with Crippen LogP contribution in [-0.4, -0.2) is 17.8 Å². The Labute approximate surface area is 115 Å². The van der Waals surface area contributed by atoms with Gasteiger partial charge in [0.25, 0.3) is 0 Å². The van der Waals surface area contributed by atoms with Crippen molar-refractivity contribution in [3.63, 3.8) is 0 Å². The van der Waals surface area contributed by atoms with E-state index in [4.69, 9.17) is 4.74 Å². The molecule has 1 saturated heterocycles. The molecule has 0 radical (unpaired) electrons. The van der Waals surface area contributed by atoms with Gasteiger partial charge >= 0.3 is 0 Å². The number of benzene rings is 1. The Bertz CT molecular complexity index is 560. The van der Waals surface area contributed by atoms with E-state index in [9.17, 15) is 9.50 Å². The average Bonchev–Trinajstić information content (AvgIpc) is 3.04. The first-order valence-electron chi connectivity index (χ1n) is 6.71. The second kappa shape index (κ2) is 5.57. The Balaban J connectivity index is 1.68. The number of aliphatic hydroxyl groups excluding tert-OH is 1. The molecule has 4 heteroatoms. The number of ether oxygens (including phenoxy) is 1. The molecule has 1 fully saturated rings.